The average molecular weight is 365 g/mol. The third-order valence-corrected chi connectivity index (χ3v) is 6.49. The Morgan fingerprint density at radius 2 is 1.83 bits per heavy atom. The van der Waals surface area contributed by atoms with E-state index in [1.165, 1.54) is 36.5 Å². The molecule has 0 fully saturated rings. The summed E-state index contributed by atoms with van der Waals surface area (Å²) in [6.45, 7) is 1.28. The van der Waals surface area contributed by atoms with Crippen LogP contribution in [0.3, 0.4) is 0 Å². The number of thiophene rings is 1. The van der Waals surface area contributed by atoms with Crippen molar-refractivity contribution in [1.82, 2.24) is 4.72 Å². The molecule has 0 saturated carbocycles. The van der Waals surface area contributed by atoms with Gasteiger partial charge in [-0.1, -0.05) is 30.3 Å². The molecule has 2 N–H and O–H groups in total. The van der Waals surface area contributed by atoms with Crippen molar-refractivity contribution in [2.75, 3.05) is 6.54 Å². The number of sulfonamides is 1. The summed E-state index contributed by atoms with van der Waals surface area (Å²) in [6.07, 6.45) is 0. The fourth-order valence-corrected chi connectivity index (χ4v) is 4.63. The third kappa shape index (κ3) is 3.34. The Balaban J connectivity index is 1.83. The summed E-state index contributed by atoms with van der Waals surface area (Å²) in [7, 11) is -4.04. The van der Waals surface area contributed by atoms with Crippen LogP contribution < -0.4 is 4.72 Å². The number of fused-ring (bicyclic) bond motifs is 1. The van der Waals surface area contributed by atoms with E-state index >= 15 is 0 Å². The maximum absolute atomic E-state index is 13.7. The Labute approximate surface area is 143 Å². The highest BCUT2D eigenvalue weighted by molar-refractivity contribution is 7.89. The zero-order valence-electron chi connectivity index (χ0n) is 12.9. The summed E-state index contributed by atoms with van der Waals surface area (Å²) < 4.78 is 41.5. The Kier molecular flexibility index (Phi) is 4.44. The van der Waals surface area contributed by atoms with Gasteiger partial charge in [-0.05, 0) is 36.6 Å². The van der Waals surface area contributed by atoms with Gasteiger partial charge in [0.1, 0.15) is 16.3 Å². The lowest BCUT2D eigenvalue weighted by atomic mass is 10.1. The molecule has 7 heteroatoms. The quantitative estimate of drug-likeness (QED) is 0.730. The summed E-state index contributed by atoms with van der Waals surface area (Å²) in [6, 6.07) is 14.6. The molecule has 24 heavy (non-hydrogen) atoms. The van der Waals surface area contributed by atoms with Crippen LogP contribution >= 0.6 is 11.3 Å². The van der Waals surface area contributed by atoms with Crippen LogP contribution in [-0.2, 0) is 15.6 Å². The fraction of sp³-hybridized carbons (Fsp3) is 0.176. The average Bonchev–Trinajstić information content (AvgIpc) is 2.98. The summed E-state index contributed by atoms with van der Waals surface area (Å²) in [5.41, 5.74) is -1.40. The highest BCUT2D eigenvalue weighted by Crippen LogP contribution is 2.33. The molecule has 3 aromatic rings. The molecule has 0 unspecified atom stereocenters. The molecule has 2 aromatic carbocycles. The van der Waals surface area contributed by atoms with Gasteiger partial charge in [-0.25, -0.2) is 17.5 Å². The molecular formula is C17H16FNO3S2. The van der Waals surface area contributed by atoms with Crippen molar-refractivity contribution in [3.05, 3.63) is 65.3 Å². The van der Waals surface area contributed by atoms with Crippen molar-refractivity contribution in [1.29, 1.82) is 0 Å². The maximum Gasteiger partial charge on any atom is 0.243 e. The van der Waals surface area contributed by atoms with E-state index in [-0.39, 0.29) is 6.54 Å². The van der Waals surface area contributed by atoms with Crippen molar-refractivity contribution in [2.24, 2.45) is 0 Å². The maximum atomic E-state index is 13.7. The number of hydrogen-bond donors (Lipinski definition) is 2. The fourth-order valence-electron chi connectivity index (χ4n) is 2.31. The van der Waals surface area contributed by atoms with Gasteiger partial charge in [-0.15, -0.1) is 11.3 Å². The first-order valence-corrected chi connectivity index (χ1v) is 9.55. The van der Waals surface area contributed by atoms with Gasteiger partial charge in [0.15, 0.2) is 0 Å². The van der Waals surface area contributed by atoms with Crippen LogP contribution in [0.2, 0.25) is 0 Å². The van der Waals surface area contributed by atoms with Gasteiger partial charge in [0.25, 0.3) is 0 Å². The smallest absolute Gasteiger partial charge is 0.243 e. The van der Waals surface area contributed by atoms with Gasteiger partial charge in [0.05, 0.1) is 0 Å². The minimum Gasteiger partial charge on any atom is -0.383 e. The van der Waals surface area contributed by atoms with Gasteiger partial charge < -0.3 is 5.11 Å². The van der Waals surface area contributed by atoms with Gasteiger partial charge in [0.2, 0.25) is 10.0 Å². The van der Waals surface area contributed by atoms with E-state index in [2.05, 4.69) is 4.72 Å². The molecule has 1 aromatic heterocycles. The van der Waals surface area contributed by atoms with Gasteiger partial charge >= 0.3 is 0 Å². The summed E-state index contributed by atoms with van der Waals surface area (Å²) in [5, 5.41) is 11.6. The van der Waals surface area contributed by atoms with Gasteiger partial charge in [0, 0.05) is 16.1 Å². The van der Waals surface area contributed by atoms with Crippen LogP contribution in [-0.4, -0.2) is 20.1 Å². The van der Waals surface area contributed by atoms with E-state index in [4.69, 9.17) is 0 Å². The summed E-state index contributed by atoms with van der Waals surface area (Å²) in [5.74, 6) is -0.827. The van der Waals surface area contributed by atoms with E-state index in [9.17, 15) is 17.9 Å². The van der Waals surface area contributed by atoms with Crippen molar-refractivity contribution in [2.45, 2.75) is 17.4 Å². The number of benzene rings is 2. The van der Waals surface area contributed by atoms with E-state index in [0.717, 1.165) is 16.2 Å². The Hall–Kier alpha value is -1.80. The van der Waals surface area contributed by atoms with E-state index < -0.39 is 26.3 Å². The van der Waals surface area contributed by atoms with Gasteiger partial charge in [-0.2, -0.15) is 0 Å². The molecule has 1 heterocycles. The zero-order valence-corrected chi connectivity index (χ0v) is 14.5. The second-order valence-corrected chi connectivity index (χ2v) is 8.50. The van der Waals surface area contributed by atoms with Crippen LogP contribution in [0.1, 0.15) is 11.8 Å². The van der Waals surface area contributed by atoms with Crippen molar-refractivity contribution in [3.63, 3.8) is 0 Å². The second-order valence-electron chi connectivity index (χ2n) is 5.68. The molecule has 0 bridgehead atoms. The standard InChI is InChI=1S/C17H16FNO3S2/c1-17(20,16-10-12-6-2-4-8-14(12)23-16)11-19-24(21,22)15-9-5-3-7-13(15)18/h2-10,19-20H,11H2,1H3/t17-/m0/s1. The first-order valence-electron chi connectivity index (χ1n) is 7.25. The predicted octanol–water partition coefficient (Wildman–Crippen LogP) is 3.23. The molecule has 0 saturated heterocycles. The van der Waals surface area contributed by atoms with Crippen molar-refractivity contribution >= 4 is 31.4 Å². The molecule has 0 aliphatic carbocycles. The van der Waals surface area contributed by atoms with Gasteiger partial charge in [-0.3, -0.25) is 0 Å². The third-order valence-electron chi connectivity index (χ3n) is 3.69. The molecule has 0 spiro atoms. The normalized spacial score (nSPS) is 14.6. The minimum absolute atomic E-state index is 0.253. The predicted molar refractivity (Wildman–Crippen MR) is 93.0 cm³/mol. The first kappa shape index (κ1) is 17.0. The lowest BCUT2D eigenvalue weighted by molar-refractivity contribution is 0.0666. The monoisotopic (exact) mass is 365 g/mol. The molecule has 0 amide bonds. The zero-order chi connectivity index (χ0) is 17.4. The number of halogens is 1. The largest absolute Gasteiger partial charge is 0.383 e. The highest BCUT2D eigenvalue weighted by Gasteiger charge is 2.29. The molecule has 0 aliphatic heterocycles. The second kappa shape index (κ2) is 6.25. The van der Waals surface area contributed by atoms with Crippen molar-refractivity contribution < 1.29 is 17.9 Å². The van der Waals surface area contributed by atoms with Crippen LogP contribution in [0.25, 0.3) is 10.1 Å². The molecule has 4 nitrogen and oxygen atoms in total. The molecular weight excluding hydrogens is 349 g/mol. The molecule has 0 radical (unpaired) electrons. The molecule has 0 aliphatic rings. The molecule has 3 rings (SSSR count). The highest BCUT2D eigenvalue weighted by atomic mass is 32.2. The minimum atomic E-state index is -4.04. The van der Waals surface area contributed by atoms with Crippen LogP contribution in [0.4, 0.5) is 4.39 Å². The molecule has 126 valence electrons. The van der Waals surface area contributed by atoms with Crippen molar-refractivity contribution in [3.8, 4) is 0 Å². The Morgan fingerprint density at radius 3 is 2.54 bits per heavy atom. The lowest BCUT2D eigenvalue weighted by Gasteiger charge is -2.22. The summed E-state index contributed by atoms with van der Waals surface area (Å²) >= 11 is 1.39. The Morgan fingerprint density at radius 1 is 1.17 bits per heavy atom. The number of nitrogens with one attached hydrogen (secondary N) is 1. The summed E-state index contributed by atoms with van der Waals surface area (Å²) in [4.78, 5) is 0.206. The number of hydrogen-bond acceptors (Lipinski definition) is 4. The van der Waals surface area contributed by atoms with Crippen LogP contribution in [0.15, 0.2) is 59.5 Å². The number of aliphatic hydroxyl groups is 1. The van der Waals surface area contributed by atoms with E-state index in [1.54, 1.807) is 0 Å². The van der Waals surface area contributed by atoms with Crippen LogP contribution in [0, 0.1) is 5.82 Å². The Bertz CT molecular complexity index is 947. The van der Waals surface area contributed by atoms with Crippen LogP contribution in [0.5, 0.6) is 0 Å². The first-order chi connectivity index (χ1) is 11.3. The van der Waals surface area contributed by atoms with E-state index in [1.807, 2.05) is 30.3 Å². The topological polar surface area (TPSA) is 66.4 Å². The van der Waals surface area contributed by atoms with E-state index in [0.29, 0.717) is 4.88 Å². The lowest BCUT2D eigenvalue weighted by Crippen LogP contribution is -2.38. The number of rotatable bonds is 5. The SMILES string of the molecule is C[C@](O)(CNS(=O)(=O)c1ccccc1F)c1cc2ccccc2s1. The molecule has 1 atom stereocenters.